The minimum atomic E-state index is -0.0334. The van der Waals surface area contributed by atoms with E-state index < -0.39 is 0 Å². The van der Waals surface area contributed by atoms with Gasteiger partial charge in [0.1, 0.15) is 0 Å². The van der Waals surface area contributed by atoms with Crippen LogP contribution in [0.25, 0.3) is 0 Å². The van der Waals surface area contributed by atoms with Gasteiger partial charge in [0.05, 0.1) is 6.42 Å². The lowest BCUT2D eigenvalue weighted by atomic mass is 9.93. The molecule has 0 aliphatic heterocycles. The van der Waals surface area contributed by atoms with Crippen LogP contribution in [0.1, 0.15) is 29.9 Å². The Morgan fingerprint density at radius 3 is 2.43 bits per heavy atom. The van der Waals surface area contributed by atoms with Gasteiger partial charge in [0, 0.05) is 18.2 Å². The van der Waals surface area contributed by atoms with Gasteiger partial charge in [-0.15, -0.1) is 0 Å². The molecule has 1 amide bonds. The van der Waals surface area contributed by atoms with Gasteiger partial charge >= 0.3 is 0 Å². The molecule has 0 saturated carbocycles. The molecular weight excluding hydrogens is 310 g/mol. The van der Waals surface area contributed by atoms with Crippen molar-refractivity contribution in [3.05, 3.63) is 70.7 Å². The van der Waals surface area contributed by atoms with E-state index in [9.17, 15) is 9.90 Å². The van der Waals surface area contributed by atoms with E-state index in [2.05, 4.69) is 17.4 Å². The maximum absolute atomic E-state index is 12.0. The summed E-state index contributed by atoms with van der Waals surface area (Å²) in [5.74, 6) is 0.218. The third-order valence-electron chi connectivity index (χ3n) is 3.87. The maximum atomic E-state index is 12.0. The SMILES string of the molecule is O=C(Cc1ccccc1Cl)NCCC(CCO)c1ccccc1. The first-order valence-corrected chi connectivity index (χ1v) is 8.24. The number of hydrogen-bond donors (Lipinski definition) is 2. The fraction of sp³-hybridized carbons (Fsp3) is 0.316. The topological polar surface area (TPSA) is 49.3 Å². The van der Waals surface area contributed by atoms with E-state index in [-0.39, 0.29) is 24.9 Å². The van der Waals surface area contributed by atoms with E-state index in [4.69, 9.17) is 11.6 Å². The fourth-order valence-electron chi connectivity index (χ4n) is 2.62. The lowest BCUT2D eigenvalue weighted by Crippen LogP contribution is -2.27. The molecule has 23 heavy (non-hydrogen) atoms. The van der Waals surface area contributed by atoms with Crippen LogP contribution in [-0.4, -0.2) is 24.2 Å². The zero-order valence-corrected chi connectivity index (χ0v) is 13.8. The predicted molar refractivity (Wildman–Crippen MR) is 93.7 cm³/mol. The van der Waals surface area contributed by atoms with Crippen LogP contribution in [0.4, 0.5) is 0 Å². The standard InChI is InChI=1S/C19H22ClNO2/c20-18-9-5-4-8-17(18)14-19(23)21-12-10-16(11-13-22)15-6-2-1-3-7-15/h1-9,16,22H,10-14H2,(H,21,23). The minimum Gasteiger partial charge on any atom is -0.396 e. The normalized spacial score (nSPS) is 11.9. The minimum absolute atomic E-state index is 0.0334. The molecule has 0 aliphatic carbocycles. The first kappa shape index (κ1) is 17.5. The third kappa shape index (κ3) is 5.70. The second kappa shape index (κ2) is 9.33. The van der Waals surface area contributed by atoms with Crippen LogP contribution in [0.5, 0.6) is 0 Å². The maximum Gasteiger partial charge on any atom is 0.224 e. The Hall–Kier alpha value is -1.84. The number of hydrogen-bond acceptors (Lipinski definition) is 2. The van der Waals surface area contributed by atoms with Crippen molar-refractivity contribution in [2.75, 3.05) is 13.2 Å². The van der Waals surface area contributed by atoms with E-state index >= 15 is 0 Å². The molecule has 1 atom stereocenters. The molecule has 1 unspecified atom stereocenters. The average molecular weight is 332 g/mol. The number of aliphatic hydroxyl groups is 1. The number of nitrogens with one attached hydrogen (secondary N) is 1. The molecule has 0 spiro atoms. The molecule has 0 radical (unpaired) electrons. The lowest BCUT2D eigenvalue weighted by Gasteiger charge is -2.16. The molecule has 0 fully saturated rings. The van der Waals surface area contributed by atoms with Gasteiger partial charge < -0.3 is 10.4 Å². The highest BCUT2D eigenvalue weighted by Crippen LogP contribution is 2.22. The van der Waals surface area contributed by atoms with Crippen molar-refractivity contribution in [3.8, 4) is 0 Å². The molecule has 2 aromatic carbocycles. The summed E-state index contributed by atoms with van der Waals surface area (Å²) in [4.78, 5) is 12.0. The van der Waals surface area contributed by atoms with Crippen molar-refractivity contribution in [3.63, 3.8) is 0 Å². The van der Waals surface area contributed by atoms with Crippen LogP contribution in [0.15, 0.2) is 54.6 Å². The van der Waals surface area contributed by atoms with Crippen LogP contribution in [0.3, 0.4) is 0 Å². The molecule has 0 aromatic heterocycles. The van der Waals surface area contributed by atoms with Gasteiger partial charge in [0.15, 0.2) is 0 Å². The van der Waals surface area contributed by atoms with Crippen LogP contribution in [-0.2, 0) is 11.2 Å². The van der Waals surface area contributed by atoms with E-state index in [0.717, 1.165) is 12.0 Å². The van der Waals surface area contributed by atoms with Crippen molar-refractivity contribution in [2.45, 2.75) is 25.2 Å². The van der Waals surface area contributed by atoms with Crippen molar-refractivity contribution >= 4 is 17.5 Å². The molecule has 3 nitrogen and oxygen atoms in total. The van der Waals surface area contributed by atoms with Gasteiger partial charge in [0.25, 0.3) is 0 Å². The average Bonchev–Trinajstić information content (AvgIpc) is 2.57. The van der Waals surface area contributed by atoms with Gasteiger partial charge in [-0.1, -0.05) is 60.1 Å². The second-order valence-corrected chi connectivity index (χ2v) is 5.93. The number of carbonyl (C=O) groups excluding carboxylic acids is 1. The van der Waals surface area contributed by atoms with Gasteiger partial charge in [-0.2, -0.15) is 0 Å². The Kier molecular flexibility index (Phi) is 7.11. The molecule has 0 saturated heterocycles. The monoisotopic (exact) mass is 331 g/mol. The molecular formula is C19H22ClNO2. The summed E-state index contributed by atoms with van der Waals surface area (Å²) in [5.41, 5.74) is 2.03. The van der Waals surface area contributed by atoms with Crippen LogP contribution >= 0.6 is 11.6 Å². The van der Waals surface area contributed by atoms with Gasteiger partial charge in [-0.05, 0) is 36.0 Å². The summed E-state index contributed by atoms with van der Waals surface area (Å²) in [6, 6.07) is 17.5. The number of rotatable bonds is 8. The Bertz CT molecular complexity index is 616. The van der Waals surface area contributed by atoms with Crippen LogP contribution in [0, 0.1) is 0 Å². The van der Waals surface area contributed by atoms with Crippen LogP contribution in [0.2, 0.25) is 5.02 Å². The molecule has 4 heteroatoms. The highest BCUT2D eigenvalue weighted by Gasteiger charge is 2.12. The number of benzene rings is 2. The number of amides is 1. The number of carbonyl (C=O) groups is 1. The second-order valence-electron chi connectivity index (χ2n) is 5.53. The quantitative estimate of drug-likeness (QED) is 0.777. The number of aliphatic hydroxyl groups excluding tert-OH is 1. The zero-order chi connectivity index (χ0) is 16.5. The summed E-state index contributed by atoms with van der Waals surface area (Å²) in [6.07, 6.45) is 1.79. The van der Waals surface area contributed by atoms with E-state index in [1.165, 1.54) is 5.56 Å². The molecule has 0 heterocycles. The molecule has 122 valence electrons. The molecule has 2 rings (SSSR count). The molecule has 0 bridgehead atoms. The molecule has 2 aromatic rings. The lowest BCUT2D eigenvalue weighted by molar-refractivity contribution is -0.120. The fourth-order valence-corrected chi connectivity index (χ4v) is 2.82. The van der Waals surface area contributed by atoms with E-state index in [1.807, 2.05) is 36.4 Å². The predicted octanol–water partition coefficient (Wildman–Crippen LogP) is 3.56. The van der Waals surface area contributed by atoms with Crippen molar-refractivity contribution in [1.82, 2.24) is 5.32 Å². The largest absolute Gasteiger partial charge is 0.396 e. The van der Waals surface area contributed by atoms with Crippen molar-refractivity contribution in [2.24, 2.45) is 0 Å². The van der Waals surface area contributed by atoms with Gasteiger partial charge in [-0.25, -0.2) is 0 Å². The summed E-state index contributed by atoms with van der Waals surface area (Å²) in [7, 11) is 0. The van der Waals surface area contributed by atoms with Crippen LogP contribution < -0.4 is 5.32 Å². The molecule has 0 aliphatic rings. The highest BCUT2D eigenvalue weighted by atomic mass is 35.5. The van der Waals surface area contributed by atoms with Crippen molar-refractivity contribution < 1.29 is 9.90 Å². The Labute approximate surface area is 142 Å². The number of halogens is 1. The zero-order valence-electron chi connectivity index (χ0n) is 13.0. The molecule has 2 N–H and O–H groups in total. The first-order chi connectivity index (χ1) is 11.2. The van der Waals surface area contributed by atoms with E-state index in [1.54, 1.807) is 6.07 Å². The summed E-state index contributed by atoms with van der Waals surface area (Å²) >= 11 is 6.07. The van der Waals surface area contributed by atoms with E-state index in [0.29, 0.717) is 18.0 Å². The van der Waals surface area contributed by atoms with Gasteiger partial charge in [0.2, 0.25) is 5.91 Å². The summed E-state index contributed by atoms with van der Waals surface area (Å²) in [5, 5.41) is 12.8. The first-order valence-electron chi connectivity index (χ1n) is 7.86. The Balaban J connectivity index is 1.82. The Morgan fingerprint density at radius 2 is 1.74 bits per heavy atom. The smallest absolute Gasteiger partial charge is 0.224 e. The highest BCUT2D eigenvalue weighted by molar-refractivity contribution is 6.31. The van der Waals surface area contributed by atoms with Crippen molar-refractivity contribution in [1.29, 1.82) is 0 Å². The van der Waals surface area contributed by atoms with Gasteiger partial charge in [-0.3, -0.25) is 4.79 Å². The summed E-state index contributed by atoms with van der Waals surface area (Å²) < 4.78 is 0. The Morgan fingerprint density at radius 1 is 1.04 bits per heavy atom. The third-order valence-corrected chi connectivity index (χ3v) is 4.24. The summed E-state index contributed by atoms with van der Waals surface area (Å²) in [6.45, 7) is 0.732.